The van der Waals surface area contributed by atoms with Crippen molar-refractivity contribution in [2.75, 3.05) is 21.3 Å². The average Bonchev–Trinajstić information content (AvgIpc) is 0.782. The Balaban J connectivity index is 0.000000123. The first-order valence-electron chi connectivity index (χ1n) is 51.6. The summed E-state index contributed by atoms with van der Waals surface area (Å²) in [5, 5.41) is 14.6. The zero-order valence-corrected chi connectivity index (χ0v) is 80.1. The minimum absolute atomic E-state index is 0.00706. The Hall–Kier alpha value is -12.8. The molecule has 4 N–H and O–H groups in total. The van der Waals surface area contributed by atoms with Crippen LogP contribution in [0.1, 0.15) is 263 Å². The Bertz CT molecular complexity index is 6470. The lowest BCUT2D eigenvalue weighted by atomic mass is 9.85. The molecule has 20 heteroatoms. The van der Waals surface area contributed by atoms with Gasteiger partial charge in [0.2, 0.25) is 23.6 Å². The molecule has 21 rings (SSSR count). The maximum absolute atomic E-state index is 13.9. The van der Waals surface area contributed by atoms with Crippen molar-refractivity contribution in [1.29, 1.82) is 0 Å². The normalized spacial score (nSPS) is 15.4. The monoisotopic (exact) mass is 1870 g/mol. The van der Waals surface area contributed by atoms with E-state index < -0.39 is 0 Å². The molecule has 8 aliphatic rings. The number of aromatic nitrogens is 8. The molecule has 4 fully saturated rings. The van der Waals surface area contributed by atoms with Gasteiger partial charge in [0, 0.05) is 35.1 Å². The number of nitrogens with zero attached hydrogens (tertiary/aromatic N) is 8. The molecule has 9 aromatic carbocycles. The molecule has 4 aromatic heterocycles. The molecule has 0 saturated heterocycles. The van der Waals surface area contributed by atoms with Gasteiger partial charge in [-0.25, -0.2) is 57.4 Å². The van der Waals surface area contributed by atoms with E-state index in [9.17, 15) is 36.7 Å². The van der Waals surface area contributed by atoms with Gasteiger partial charge in [-0.3, -0.25) is 19.2 Å². The number of fused-ring (bicyclic) bond motifs is 13. The van der Waals surface area contributed by atoms with Crippen LogP contribution in [0, 0.1) is 46.9 Å². The fraction of sp³-hybridized carbons (Fsp3) is 0.395. The van der Waals surface area contributed by atoms with Gasteiger partial charge in [0.1, 0.15) is 23.3 Å². The first-order valence-corrected chi connectivity index (χ1v) is 51.6. The summed E-state index contributed by atoms with van der Waals surface area (Å²) in [5.41, 5.74) is 22.5. The van der Waals surface area contributed by atoms with Crippen molar-refractivity contribution >= 4 is 57.7 Å². The highest BCUT2D eigenvalue weighted by Gasteiger charge is 2.31. The van der Waals surface area contributed by atoms with Gasteiger partial charge in [0.15, 0.2) is 23.3 Å². The quantitative estimate of drug-likeness (QED) is 0.0353. The summed E-state index contributed by atoms with van der Waals surface area (Å²) in [5.74, 6) is 4.21. The van der Waals surface area contributed by atoms with Crippen LogP contribution in [0.4, 0.5) is 40.8 Å². The second kappa shape index (κ2) is 47.2. The Labute approximate surface area is 815 Å². The summed E-state index contributed by atoms with van der Waals surface area (Å²) < 4.78 is 55.3. The molecule has 4 saturated carbocycles. The van der Waals surface area contributed by atoms with Crippen molar-refractivity contribution in [2.45, 2.75) is 276 Å². The van der Waals surface area contributed by atoms with Crippen LogP contribution in [0.15, 0.2) is 206 Å². The van der Waals surface area contributed by atoms with Crippen LogP contribution in [-0.2, 0) is 122 Å². The maximum Gasteiger partial charge on any atom is 0.229 e. The topological polar surface area (TPSA) is 220 Å². The molecule has 0 aliphatic heterocycles. The van der Waals surface area contributed by atoms with Crippen LogP contribution < -0.4 is 21.3 Å². The zero-order chi connectivity index (χ0) is 95.2. The fourth-order valence-electron chi connectivity index (χ4n) is 22.0. The van der Waals surface area contributed by atoms with Gasteiger partial charge in [-0.1, -0.05) is 262 Å². The minimum atomic E-state index is -0.217. The predicted molar refractivity (Wildman–Crippen MR) is 545 cm³/mol. The van der Waals surface area contributed by atoms with Crippen molar-refractivity contribution in [3.63, 3.8) is 0 Å². The lowest BCUT2D eigenvalue weighted by Crippen LogP contribution is -2.20. The Morgan fingerprint density at radius 2 is 0.554 bits per heavy atom. The molecule has 13 aromatic rings. The van der Waals surface area contributed by atoms with Gasteiger partial charge < -0.3 is 21.3 Å². The zero-order valence-electron chi connectivity index (χ0n) is 80.1. The number of hydrogen-bond donors (Lipinski definition) is 4. The van der Waals surface area contributed by atoms with E-state index in [0.29, 0.717) is 86.5 Å². The van der Waals surface area contributed by atoms with Gasteiger partial charge in [-0.05, 0) is 274 Å². The predicted octanol–water partition coefficient (Wildman–Crippen LogP) is 26.6. The van der Waals surface area contributed by atoms with Gasteiger partial charge in [-0.2, -0.15) is 0 Å². The molecule has 0 unspecified atom stereocenters. The van der Waals surface area contributed by atoms with E-state index in [-0.39, 0.29) is 53.3 Å². The largest absolute Gasteiger partial charge is 0.309 e. The van der Waals surface area contributed by atoms with Crippen molar-refractivity contribution in [1.82, 2.24) is 39.9 Å². The number of hydrogen-bond acceptors (Lipinski definition) is 12. The second-order valence-electron chi connectivity index (χ2n) is 39.7. The average molecular weight is 1870 g/mol. The standard InChI is InChI=1S/C32H32FN3O.C30H34FN3O.C29H32FN3O.C28H30FN3O/c33-26-14-15-27-25(20-26)13-17-28-31(27)34-29(16-11-21-6-2-1-3-7-21)32(35-28)36-30(37)19-22-10-12-23-8-4-5-9-24(23)18-22;31-24-16-17-25-23(20-24)15-19-26-29(25)32-27(18-14-22-10-5-2-6-11-22)30(33-26)34-28(35)13-7-12-21-8-3-1-4-9-21;30-23-14-15-24-22(19-23)13-17-25-28(24)31-26(16-11-20-7-3-1-4-8-20)29(32-25)33-27(34)18-12-21-9-5-2-6-10-21;29-22-13-14-23-21(18-22)12-16-24-27(23)30-25(15-11-19-7-3-1-4-8-19)28(31-24)32-26(33)17-20-9-5-2-6-10-20/h4-5,8-10,12,14-15,18,20-21H,1-3,6-7,11,13,16-17,19H2,(H,35,36,37);1,3-4,8-9,16-17,20,22H,2,5-7,10-15,18-19H2,(H,33,34,35);2,5-6,9-10,14-15,19-20H,1,3-4,7-8,11-13,16-18H2,(H,32,33,34);2,5-6,9-10,13-14,18-19H,1,3-4,7-8,11-12,15-17H2,(H,31,32,33). The first-order chi connectivity index (χ1) is 68.1. The molecule has 4 amide bonds. The van der Waals surface area contributed by atoms with E-state index >= 15 is 0 Å². The Morgan fingerprint density at radius 1 is 0.259 bits per heavy atom. The van der Waals surface area contributed by atoms with Gasteiger partial charge in [0.05, 0.1) is 81.2 Å². The van der Waals surface area contributed by atoms with Gasteiger partial charge >= 0.3 is 0 Å². The van der Waals surface area contributed by atoms with Crippen molar-refractivity contribution < 1.29 is 36.7 Å². The second-order valence-corrected chi connectivity index (χ2v) is 39.7. The Kier molecular flexibility index (Phi) is 32.8. The smallest absolute Gasteiger partial charge is 0.229 e. The molecule has 0 bridgehead atoms. The summed E-state index contributed by atoms with van der Waals surface area (Å²) in [6.45, 7) is 0. The minimum Gasteiger partial charge on any atom is -0.309 e. The number of benzene rings is 9. The van der Waals surface area contributed by atoms with E-state index in [1.54, 1.807) is 24.3 Å². The van der Waals surface area contributed by atoms with Gasteiger partial charge in [-0.15, -0.1) is 0 Å². The van der Waals surface area contributed by atoms with Crippen LogP contribution in [0.5, 0.6) is 0 Å². The van der Waals surface area contributed by atoms with Crippen LogP contribution in [0.2, 0.25) is 0 Å². The third kappa shape index (κ3) is 26.0. The van der Waals surface area contributed by atoms with Crippen LogP contribution in [-0.4, -0.2) is 63.5 Å². The number of amides is 4. The molecular weight excluding hydrogens is 1740 g/mol. The third-order valence-corrected chi connectivity index (χ3v) is 29.6. The van der Waals surface area contributed by atoms with Crippen LogP contribution >= 0.6 is 0 Å². The summed E-state index contributed by atoms with van der Waals surface area (Å²) in [7, 11) is 0. The molecule has 0 atom stereocenters. The molecule has 716 valence electrons. The van der Waals surface area contributed by atoms with E-state index in [4.69, 9.17) is 39.9 Å². The molecule has 139 heavy (non-hydrogen) atoms. The van der Waals surface area contributed by atoms with Crippen molar-refractivity contribution in [3.8, 4) is 45.0 Å². The molecule has 0 radical (unpaired) electrons. The Morgan fingerprint density at radius 3 is 0.899 bits per heavy atom. The number of carbonyl (C=O) groups excluding carboxylic acids is 4. The van der Waals surface area contributed by atoms with Crippen LogP contribution in [0.25, 0.3) is 55.8 Å². The summed E-state index contributed by atoms with van der Waals surface area (Å²) >= 11 is 0. The van der Waals surface area contributed by atoms with E-state index in [1.807, 2.05) is 121 Å². The summed E-state index contributed by atoms with van der Waals surface area (Å²) in [6, 6.07) is 64.1. The molecule has 0 spiro atoms. The van der Waals surface area contributed by atoms with E-state index in [1.165, 1.54) is 158 Å². The number of carbonyl (C=O) groups is 4. The molecule has 8 aliphatic carbocycles. The highest BCUT2D eigenvalue weighted by Crippen LogP contribution is 2.42. The van der Waals surface area contributed by atoms with Crippen molar-refractivity contribution in [2.24, 2.45) is 23.7 Å². The number of rotatable bonds is 27. The first kappa shape index (κ1) is 96.4. The third-order valence-electron chi connectivity index (χ3n) is 29.6. The van der Waals surface area contributed by atoms with Crippen molar-refractivity contribution in [3.05, 3.63) is 320 Å². The number of halogens is 4. The lowest BCUT2D eigenvalue weighted by molar-refractivity contribution is -0.117. The molecule has 16 nitrogen and oxygen atoms in total. The lowest BCUT2D eigenvalue weighted by Gasteiger charge is -2.23. The summed E-state index contributed by atoms with van der Waals surface area (Å²) in [6.07, 6.45) is 43.0. The number of nitrogens with one attached hydrogen (secondary N) is 4. The molecular formula is C119H128F4N12O4. The SMILES string of the molecule is O=C(CCCc1ccccc1)Nc1nc2c(nc1CCC1CCCCC1)-c1ccc(F)cc1CC2.O=C(CCc1ccccc1)Nc1nc2c(nc1CCC1CCCCC1)-c1ccc(F)cc1CC2.O=C(Cc1ccc2ccccc2c1)Nc1nc2c(nc1CCC1CCCCC1)-c1ccc(F)cc1CC2.O=C(Cc1ccccc1)Nc1nc2c(nc1CCC1CCCCC1)-c1ccc(F)cc1CC2. The van der Waals surface area contributed by atoms with E-state index in [2.05, 4.69) is 57.7 Å². The number of aryl methyl sites for hydroxylation is 14. The molecule has 4 heterocycles. The highest BCUT2D eigenvalue weighted by atomic mass is 19.1. The fourth-order valence-corrected chi connectivity index (χ4v) is 22.0. The van der Waals surface area contributed by atoms with Gasteiger partial charge in [0.25, 0.3) is 0 Å². The van der Waals surface area contributed by atoms with Crippen LogP contribution in [0.3, 0.4) is 0 Å². The summed E-state index contributed by atoms with van der Waals surface area (Å²) in [4.78, 5) is 91.5. The van der Waals surface area contributed by atoms with E-state index in [0.717, 1.165) is 242 Å². The number of anilines is 4. The highest BCUT2D eigenvalue weighted by molar-refractivity contribution is 5.95. The maximum atomic E-state index is 13.9.